The molecule has 0 spiro atoms. The SMILES string of the molecule is Cc1cc(Cl)n2c(Br)c(-c3ccc(Cl)cc3)nc2n1. The summed E-state index contributed by atoms with van der Waals surface area (Å²) in [5, 5.41) is 1.26. The van der Waals surface area contributed by atoms with E-state index in [-0.39, 0.29) is 0 Å². The second kappa shape index (κ2) is 4.78. The molecule has 0 amide bonds. The fraction of sp³-hybridized carbons (Fsp3) is 0.0769. The van der Waals surface area contributed by atoms with Gasteiger partial charge in [0.1, 0.15) is 15.5 Å². The third-order valence-electron chi connectivity index (χ3n) is 2.74. The summed E-state index contributed by atoms with van der Waals surface area (Å²) >= 11 is 15.6. The molecular formula is C13H8BrCl2N3. The van der Waals surface area contributed by atoms with E-state index in [1.165, 1.54) is 0 Å². The Kier molecular flexibility index (Phi) is 3.25. The van der Waals surface area contributed by atoms with Crippen molar-refractivity contribution in [3.05, 3.63) is 50.8 Å². The van der Waals surface area contributed by atoms with E-state index in [9.17, 15) is 0 Å². The highest BCUT2D eigenvalue weighted by Gasteiger charge is 2.15. The van der Waals surface area contributed by atoms with E-state index >= 15 is 0 Å². The van der Waals surface area contributed by atoms with E-state index in [1.54, 1.807) is 10.5 Å². The van der Waals surface area contributed by atoms with E-state index in [0.29, 0.717) is 16.0 Å². The van der Waals surface area contributed by atoms with E-state index < -0.39 is 0 Å². The number of imidazole rings is 1. The lowest BCUT2D eigenvalue weighted by molar-refractivity contribution is 1.05. The zero-order chi connectivity index (χ0) is 13.6. The summed E-state index contributed by atoms with van der Waals surface area (Å²) in [6, 6.07) is 9.28. The van der Waals surface area contributed by atoms with Crippen molar-refractivity contribution >= 4 is 44.9 Å². The lowest BCUT2D eigenvalue weighted by Gasteiger charge is -2.00. The van der Waals surface area contributed by atoms with Crippen molar-refractivity contribution in [2.75, 3.05) is 0 Å². The molecule has 3 rings (SSSR count). The third-order valence-corrected chi connectivity index (χ3v) is 4.00. The molecular weight excluding hydrogens is 349 g/mol. The molecule has 19 heavy (non-hydrogen) atoms. The summed E-state index contributed by atoms with van der Waals surface area (Å²) in [5.41, 5.74) is 2.57. The molecule has 3 nitrogen and oxygen atoms in total. The fourth-order valence-electron chi connectivity index (χ4n) is 1.87. The molecule has 0 fully saturated rings. The Balaban J connectivity index is 2.28. The predicted molar refractivity (Wildman–Crippen MR) is 80.9 cm³/mol. The van der Waals surface area contributed by atoms with Crippen LogP contribution in [0.5, 0.6) is 0 Å². The lowest BCUT2D eigenvalue weighted by atomic mass is 10.2. The van der Waals surface area contributed by atoms with Gasteiger partial charge in [0.15, 0.2) is 0 Å². The van der Waals surface area contributed by atoms with Crippen molar-refractivity contribution in [1.82, 2.24) is 14.4 Å². The Bertz CT molecular complexity index is 766. The number of hydrogen-bond donors (Lipinski definition) is 0. The first kappa shape index (κ1) is 12.9. The topological polar surface area (TPSA) is 30.2 Å². The molecule has 2 heterocycles. The van der Waals surface area contributed by atoms with Crippen LogP contribution in [0.25, 0.3) is 17.0 Å². The largest absolute Gasteiger partial charge is 0.260 e. The van der Waals surface area contributed by atoms with E-state index in [4.69, 9.17) is 23.2 Å². The minimum Gasteiger partial charge on any atom is -0.260 e. The number of rotatable bonds is 1. The molecule has 2 aromatic heterocycles. The summed E-state index contributed by atoms with van der Waals surface area (Å²) < 4.78 is 2.54. The third kappa shape index (κ3) is 2.24. The second-order valence-electron chi connectivity index (χ2n) is 4.11. The Morgan fingerprint density at radius 3 is 2.47 bits per heavy atom. The van der Waals surface area contributed by atoms with E-state index in [1.807, 2.05) is 31.2 Å². The summed E-state index contributed by atoms with van der Waals surface area (Å²) in [7, 11) is 0. The minimum absolute atomic E-state index is 0.571. The molecule has 6 heteroatoms. The van der Waals surface area contributed by atoms with Gasteiger partial charge < -0.3 is 0 Å². The van der Waals surface area contributed by atoms with Crippen LogP contribution >= 0.6 is 39.1 Å². The molecule has 0 unspecified atom stereocenters. The van der Waals surface area contributed by atoms with Gasteiger partial charge in [0, 0.05) is 16.3 Å². The molecule has 3 aromatic rings. The van der Waals surface area contributed by atoms with Gasteiger partial charge in [-0.2, -0.15) is 0 Å². The number of benzene rings is 1. The lowest BCUT2D eigenvalue weighted by Crippen LogP contribution is -1.92. The molecule has 96 valence electrons. The number of aryl methyl sites for hydroxylation is 1. The van der Waals surface area contributed by atoms with Gasteiger partial charge in [-0.15, -0.1) is 0 Å². The van der Waals surface area contributed by atoms with E-state index in [2.05, 4.69) is 25.9 Å². The second-order valence-corrected chi connectivity index (χ2v) is 5.69. The molecule has 0 saturated heterocycles. The average Bonchev–Trinajstić information content (AvgIpc) is 2.67. The molecule has 0 aliphatic rings. The number of fused-ring (bicyclic) bond motifs is 1. The van der Waals surface area contributed by atoms with Gasteiger partial charge >= 0.3 is 0 Å². The van der Waals surface area contributed by atoms with Crippen LogP contribution in [-0.2, 0) is 0 Å². The number of halogens is 3. The number of nitrogens with zero attached hydrogens (tertiary/aromatic N) is 3. The molecule has 0 radical (unpaired) electrons. The summed E-state index contributed by atoms with van der Waals surface area (Å²) in [6.07, 6.45) is 0. The average molecular weight is 357 g/mol. The number of hydrogen-bond acceptors (Lipinski definition) is 2. The number of aromatic nitrogens is 3. The highest BCUT2D eigenvalue weighted by Crippen LogP contribution is 2.31. The van der Waals surface area contributed by atoms with Crippen molar-refractivity contribution in [1.29, 1.82) is 0 Å². The van der Waals surface area contributed by atoms with Crippen molar-refractivity contribution in [2.45, 2.75) is 6.92 Å². The van der Waals surface area contributed by atoms with Gasteiger partial charge in [0.05, 0.1) is 0 Å². The predicted octanol–water partition coefficient (Wildman–Crippen LogP) is 4.77. The van der Waals surface area contributed by atoms with Crippen molar-refractivity contribution in [3.63, 3.8) is 0 Å². The molecule has 0 atom stereocenters. The molecule has 0 N–H and O–H groups in total. The normalized spacial score (nSPS) is 11.2. The van der Waals surface area contributed by atoms with Crippen molar-refractivity contribution in [3.8, 4) is 11.3 Å². The van der Waals surface area contributed by atoms with Crippen LogP contribution in [0.1, 0.15) is 5.69 Å². The quantitative estimate of drug-likeness (QED) is 0.587. The smallest absolute Gasteiger partial charge is 0.236 e. The molecule has 1 aromatic carbocycles. The van der Waals surface area contributed by atoms with Crippen LogP contribution in [0.4, 0.5) is 0 Å². The van der Waals surface area contributed by atoms with Crippen LogP contribution in [-0.4, -0.2) is 14.4 Å². The molecule has 0 saturated carbocycles. The molecule has 0 aliphatic carbocycles. The van der Waals surface area contributed by atoms with Gasteiger partial charge in [-0.1, -0.05) is 35.3 Å². The summed E-state index contributed by atoms with van der Waals surface area (Å²) in [4.78, 5) is 8.88. The zero-order valence-electron chi connectivity index (χ0n) is 9.86. The van der Waals surface area contributed by atoms with Crippen LogP contribution in [0.15, 0.2) is 34.9 Å². The summed E-state index contributed by atoms with van der Waals surface area (Å²) in [5.74, 6) is 0.571. The standard InChI is InChI=1S/C13H8BrCl2N3/c1-7-6-10(16)19-12(14)11(18-13(19)17-7)8-2-4-9(15)5-3-8/h2-6H,1H3. The maximum atomic E-state index is 6.23. The van der Waals surface area contributed by atoms with Gasteiger partial charge in [0.2, 0.25) is 5.78 Å². The Hall–Kier alpha value is -1.10. The Morgan fingerprint density at radius 2 is 1.79 bits per heavy atom. The van der Waals surface area contributed by atoms with Crippen molar-refractivity contribution in [2.24, 2.45) is 0 Å². The van der Waals surface area contributed by atoms with Crippen LogP contribution in [0, 0.1) is 6.92 Å². The molecule has 0 bridgehead atoms. The van der Waals surface area contributed by atoms with Crippen LogP contribution in [0.2, 0.25) is 10.2 Å². The van der Waals surface area contributed by atoms with Crippen molar-refractivity contribution < 1.29 is 0 Å². The first-order valence-corrected chi connectivity index (χ1v) is 7.08. The van der Waals surface area contributed by atoms with Gasteiger partial charge in [-0.05, 0) is 41.1 Å². The monoisotopic (exact) mass is 355 g/mol. The van der Waals surface area contributed by atoms with Gasteiger partial charge in [0.25, 0.3) is 0 Å². The van der Waals surface area contributed by atoms with Crippen LogP contribution in [0.3, 0.4) is 0 Å². The van der Waals surface area contributed by atoms with E-state index in [0.717, 1.165) is 21.6 Å². The maximum absolute atomic E-state index is 6.23. The highest BCUT2D eigenvalue weighted by molar-refractivity contribution is 9.10. The fourth-order valence-corrected chi connectivity index (χ4v) is 3.09. The van der Waals surface area contributed by atoms with Gasteiger partial charge in [-0.25, -0.2) is 9.97 Å². The first-order chi connectivity index (χ1) is 9.06. The Morgan fingerprint density at radius 1 is 1.11 bits per heavy atom. The summed E-state index contributed by atoms with van der Waals surface area (Å²) in [6.45, 7) is 1.89. The zero-order valence-corrected chi connectivity index (χ0v) is 13.0. The minimum atomic E-state index is 0.571. The van der Waals surface area contributed by atoms with Crippen LogP contribution < -0.4 is 0 Å². The highest BCUT2D eigenvalue weighted by atomic mass is 79.9. The molecule has 0 aliphatic heterocycles. The Labute approximate surface area is 128 Å². The maximum Gasteiger partial charge on any atom is 0.236 e. The first-order valence-electron chi connectivity index (χ1n) is 5.53. The van der Waals surface area contributed by atoms with Gasteiger partial charge in [-0.3, -0.25) is 4.40 Å².